The van der Waals surface area contributed by atoms with Crippen LogP contribution in [0.5, 0.6) is 0 Å². The van der Waals surface area contributed by atoms with Crippen LogP contribution in [-0.2, 0) is 19.0 Å². The van der Waals surface area contributed by atoms with Gasteiger partial charge in [-0.3, -0.25) is 4.79 Å². The highest BCUT2D eigenvalue weighted by Crippen LogP contribution is 2.59. The molecule has 4 rings (SSSR count). The fraction of sp³-hybridized carbons (Fsp3) is 0.933. The highest BCUT2D eigenvalue weighted by atomic mass is 16.6. The molecule has 3 saturated heterocycles. The number of ketones is 1. The fourth-order valence-electron chi connectivity index (χ4n) is 5.02. The van der Waals surface area contributed by atoms with Gasteiger partial charge >= 0.3 is 0 Å². The summed E-state index contributed by atoms with van der Waals surface area (Å²) in [5.41, 5.74) is -1.46. The fourth-order valence-corrected chi connectivity index (χ4v) is 5.02. The third-order valence-electron chi connectivity index (χ3n) is 5.74. The molecule has 3 heterocycles. The second-order valence-corrected chi connectivity index (χ2v) is 6.43. The van der Waals surface area contributed by atoms with E-state index in [9.17, 15) is 4.79 Å². The van der Waals surface area contributed by atoms with Gasteiger partial charge in [-0.05, 0) is 44.9 Å². The zero-order valence-corrected chi connectivity index (χ0v) is 11.4. The molecule has 19 heavy (non-hydrogen) atoms. The molecule has 4 nitrogen and oxygen atoms in total. The van der Waals surface area contributed by atoms with Gasteiger partial charge in [-0.25, -0.2) is 0 Å². The third-order valence-corrected chi connectivity index (χ3v) is 5.74. The van der Waals surface area contributed by atoms with E-state index in [4.69, 9.17) is 14.2 Å². The molecule has 1 saturated carbocycles. The van der Waals surface area contributed by atoms with E-state index >= 15 is 0 Å². The van der Waals surface area contributed by atoms with Crippen molar-refractivity contribution in [3.05, 3.63) is 0 Å². The Balaban J connectivity index is 1.85. The van der Waals surface area contributed by atoms with Gasteiger partial charge in [0.1, 0.15) is 11.2 Å². The van der Waals surface area contributed by atoms with Crippen molar-refractivity contribution in [2.75, 3.05) is 19.8 Å². The highest BCUT2D eigenvalue weighted by molar-refractivity contribution is 5.91. The summed E-state index contributed by atoms with van der Waals surface area (Å²) in [6.07, 6.45) is 7.22. The molecule has 0 aromatic carbocycles. The van der Waals surface area contributed by atoms with Crippen LogP contribution < -0.4 is 0 Å². The Morgan fingerprint density at radius 2 is 1.53 bits per heavy atom. The Labute approximate surface area is 113 Å². The van der Waals surface area contributed by atoms with Crippen molar-refractivity contribution in [3.8, 4) is 0 Å². The van der Waals surface area contributed by atoms with Gasteiger partial charge in [0.15, 0.2) is 11.4 Å². The van der Waals surface area contributed by atoms with Crippen LogP contribution in [0.4, 0.5) is 0 Å². The maximum absolute atomic E-state index is 12.7. The van der Waals surface area contributed by atoms with Crippen molar-refractivity contribution in [2.45, 2.75) is 68.2 Å². The summed E-state index contributed by atoms with van der Waals surface area (Å²) in [6.45, 7) is 2.23. The molecule has 0 aromatic rings. The minimum atomic E-state index is -0.702. The molecular formula is C15H22O4. The van der Waals surface area contributed by atoms with Crippen molar-refractivity contribution in [1.82, 2.24) is 0 Å². The molecule has 0 radical (unpaired) electrons. The number of rotatable bonds is 0. The number of hydrogen-bond acceptors (Lipinski definition) is 4. The summed E-state index contributed by atoms with van der Waals surface area (Å²) in [5.74, 6) is 0.257. The molecular weight excluding hydrogens is 244 g/mol. The Morgan fingerprint density at radius 3 is 2.16 bits per heavy atom. The lowest BCUT2D eigenvalue weighted by Crippen LogP contribution is -2.72. The lowest BCUT2D eigenvalue weighted by atomic mass is 9.59. The van der Waals surface area contributed by atoms with Gasteiger partial charge in [-0.15, -0.1) is 0 Å². The molecule has 4 aliphatic rings. The van der Waals surface area contributed by atoms with Crippen molar-refractivity contribution in [2.24, 2.45) is 0 Å². The molecule has 0 bridgehead atoms. The van der Waals surface area contributed by atoms with Crippen LogP contribution in [0, 0.1) is 0 Å². The predicted octanol–water partition coefficient (Wildman–Crippen LogP) is 2.00. The van der Waals surface area contributed by atoms with Crippen molar-refractivity contribution in [3.63, 3.8) is 0 Å². The SMILES string of the molecule is O=C1CC[C@@]2(CCCO2)[C@]2(CCCO2)[C@]12CCCO2. The number of carbonyl (C=O) groups excluding carboxylic acids is 1. The molecule has 1 aliphatic carbocycles. The van der Waals surface area contributed by atoms with Gasteiger partial charge in [0.25, 0.3) is 0 Å². The number of hydrogen-bond donors (Lipinski definition) is 0. The molecule has 0 aromatic heterocycles. The van der Waals surface area contributed by atoms with E-state index < -0.39 is 11.2 Å². The molecule has 4 fully saturated rings. The average Bonchev–Trinajstić information content (AvgIpc) is 3.13. The van der Waals surface area contributed by atoms with E-state index in [1.54, 1.807) is 0 Å². The van der Waals surface area contributed by atoms with Gasteiger partial charge < -0.3 is 14.2 Å². The van der Waals surface area contributed by atoms with E-state index in [0.29, 0.717) is 13.0 Å². The predicted molar refractivity (Wildman–Crippen MR) is 68.0 cm³/mol. The Morgan fingerprint density at radius 1 is 0.789 bits per heavy atom. The number of Topliss-reactive ketones (excluding diaryl/α,β-unsaturated/α-hetero) is 1. The molecule has 0 N–H and O–H groups in total. The normalized spacial score (nSPS) is 50.0. The summed E-state index contributed by atoms with van der Waals surface area (Å²) in [6, 6.07) is 0. The first-order valence-corrected chi connectivity index (χ1v) is 7.70. The van der Waals surface area contributed by atoms with Gasteiger partial charge in [-0.2, -0.15) is 0 Å². The van der Waals surface area contributed by atoms with Crippen LogP contribution in [0.2, 0.25) is 0 Å². The van der Waals surface area contributed by atoms with Crippen LogP contribution in [0.15, 0.2) is 0 Å². The van der Waals surface area contributed by atoms with Crippen LogP contribution in [-0.4, -0.2) is 42.4 Å². The first kappa shape index (κ1) is 12.3. The molecule has 3 aliphatic heterocycles. The van der Waals surface area contributed by atoms with Gasteiger partial charge in [0.05, 0.1) is 0 Å². The molecule has 0 unspecified atom stereocenters. The maximum Gasteiger partial charge on any atom is 0.167 e. The molecule has 4 heteroatoms. The van der Waals surface area contributed by atoms with Crippen LogP contribution >= 0.6 is 0 Å². The lowest BCUT2D eigenvalue weighted by Gasteiger charge is -2.56. The molecule has 3 spiro atoms. The number of ether oxygens (including phenoxy) is 3. The molecule has 0 amide bonds. The van der Waals surface area contributed by atoms with E-state index in [0.717, 1.165) is 58.2 Å². The first-order valence-electron chi connectivity index (χ1n) is 7.70. The number of fused-ring (bicyclic) bond motifs is 2. The van der Waals surface area contributed by atoms with Crippen molar-refractivity contribution >= 4 is 5.78 Å². The van der Waals surface area contributed by atoms with Gasteiger partial charge in [-0.1, -0.05) is 0 Å². The minimum absolute atomic E-state index is 0.257. The topological polar surface area (TPSA) is 44.8 Å². The Hall–Kier alpha value is -0.450. The smallest absolute Gasteiger partial charge is 0.167 e. The Kier molecular flexibility index (Phi) is 2.61. The van der Waals surface area contributed by atoms with E-state index in [2.05, 4.69) is 0 Å². The zero-order valence-electron chi connectivity index (χ0n) is 11.4. The third kappa shape index (κ3) is 1.33. The lowest BCUT2D eigenvalue weighted by molar-refractivity contribution is -0.262. The average molecular weight is 266 g/mol. The van der Waals surface area contributed by atoms with Gasteiger partial charge in [0, 0.05) is 26.2 Å². The number of carbonyl (C=O) groups is 1. The summed E-state index contributed by atoms with van der Waals surface area (Å²) in [7, 11) is 0. The zero-order chi connectivity index (χ0) is 13.0. The largest absolute Gasteiger partial charge is 0.372 e. The van der Waals surface area contributed by atoms with Gasteiger partial charge in [0.2, 0.25) is 0 Å². The van der Waals surface area contributed by atoms with E-state index in [1.165, 1.54) is 0 Å². The van der Waals surface area contributed by atoms with E-state index in [-0.39, 0.29) is 11.4 Å². The van der Waals surface area contributed by atoms with Crippen molar-refractivity contribution < 1.29 is 19.0 Å². The van der Waals surface area contributed by atoms with E-state index in [1.807, 2.05) is 0 Å². The van der Waals surface area contributed by atoms with Crippen molar-refractivity contribution in [1.29, 1.82) is 0 Å². The first-order chi connectivity index (χ1) is 9.25. The molecule has 3 atom stereocenters. The second-order valence-electron chi connectivity index (χ2n) is 6.43. The maximum atomic E-state index is 12.7. The Bertz CT molecular complexity index is 385. The summed E-state index contributed by atoms with van der Waals surface area (Å²) in [5, 5.41) is 0. The summed E-state index contributed by atoms with van der Waals surface area (Å²) >= 11 is 0. The second kappa shape index (κ2) is 4.03. The van der Waals surface area contributed by atoms with Crippen LogP contribution in [0.1, 0.15) is 51.4 Å². The van der Waals surface area contributed by atoms with Crippen LogP contribution in [0.3, 0.4) is 0 Å². The summed E-state index contributed by atoms with van der Waals surface area (Å²) in [4.78, 5) is 12.7. The molecule has 106 valence electrons. The summed E-state index contributed by atoms with van der Waals surface area (Å²) < 4.78 is 18.5. The quantitative estimate of drug-likeness (QED) is 0.672. The minimum Gasteiger partial charge on any atom is -0.372 e. The monoisotopic (exact) mass is 266 g/mol. The standard InChI is InChI=1S/C15H22O4/c16-12-4-8-13(5-1-9-17-13)15(7-3-11-19-15)14(12)6-2-10-18-14/h1-11H2/t13-,14-,15+/m0/s1. The van der Waals surface area contributed by atoms with Crippen LogP contribution in [0.25, 0.3) is 0 Å². The highest BCUT2D eigenvalue weighted by Gasteiger charge is 2.73.